The summed E-state index contributed by atoms with van der Waals surface area (Å²) in [5, 5.41) is 11.4. The first-order valence-corrected chi connectivity index (χ1v) is 5.96. The number of carbonyl (C=O) groups is 2. The summed E-state index contributed by atoms with van der Waals surface area (Å²) in [6, 6.07) is 0. The minimum atomic E-state index is -0.819. The fourth-order valence-corrected chi connectivity index (χ4v) is 1.46. The predicted octanol–water partition coefficient (Wildman–Crippen LogP) is 2.04. The molecule has 4 nitrogen and oxygen atoms in total. The topological polar surface area (TPSA) is 66.4 Å². The van der Waals surface area contributed by atoms with Gasteiger partial charge in [-0.1, -0.05) is 33.6 Å². The highest BCUT2D eigenvalue weighted by Gasteiger charge is 2.14. The highest BCUT2D eigenvalue weighted by molar-refractivity contribution is 5.78. The minimum absolute atomic E-state index is 0.0141. The van der Waals surface area contributed by atoms with E-state index in [-0.39, 0.29) is 24.2 Å². The lowest BCUT2D eigenvalue weighted by atomic mass is 10.0. The minimum Gasteiger partial charge on any atom is -0.481 e. The van der Waals surface area contributed by atoms with E-state index < -0.39 is 5.97 Å². The van der Waals surface area contributed by atoms with Crippen molar-refractivity contribution in [1.82, 2.24) is 5.32 Å². The summed E-state index contributed by atoms with van der Waals surface area (Å²) in [7, 11) is 0. The molecule has 0 spiro atoms. The maximum atomic E-state index is 11.6. The van der Waals surface area contributed by atoms with E-state index in [1.165, 1.54) is 0 Å². The second kappa shape index (κ2) is 8.13. The number of carboxylic acid groups (broad SMARTS) is 1. The molecule has 0 saturated carbocycles. The second-order valence-corrected chi connectivity index (χ2v) is 4.49. The third-order valence-electron chi connectivity index (χ3n) is 2.59. The van der Waals surface area contributed by atoms with Crippen molar-refractivity contribution < 1.29 is 14.7 Å². The van der Waals surface area contributed by atoms with Crippen molar-refractivity contribution in [2.24, 2.45) is 11.8 Å². The van der Waals surface area contributed by atoms with E-state index in [1.807, 2.05) is 13.8 Å². The summed E-state index contributed by atoms with van der Waals surface area (Å²) >= 11 is 0. The van der Waals surface area contributed by atoms with Gasteiger partial charge in [0.1, 0.15) is 0 Å². The van der Waals surface area contributed by atoms with Crippen LogP contribution in [0.3, 0.4) is 0 Å². The smallest absolute Gasteiger partial charge is 0.303 e. The van der Waals surface area contributed by atoms with Crippen LogP contribution in [0.4, 0.5) is 0 Å². The highest BCUT2D eigenvalue weighted by Crippen LogP contribution is 2.08. The number of rotatable bonds is 8. The van der Waals surface area contributed by atoms with Crippen LogP contribution in [0, 0.1) is 11.8 Å². The lowest BCUT2D eigenvalue weighted by Gasteiger charge is -2.14. The van der Waals surface area contributed by atoms with Gasteiger partial charge in [-0.05, 0) is 12.3 Å². The van der Waals surface area contributed by atoms with E-state index >= 15 is 0 Å². The highest BCUT2D eigenvalue weighted by atomic mass is 16.4. The zero-order chi connectivity index (χ0) is 12.6. The van der Waals surface area contributed by atoms with Gasteiger partial charge < -0.3 is 10.4 Å². The number of amides is 1. The largest absolute Gasteiger partial charge is 0.481 e. The van der Waals surface area contributed by atoms with Crippen LogP contribution in [0.1, 0.15) is 46.5 Å². The van der Waals surface area contributed by atoms with Crippen molar-refractivity contribution in [3.63, 3.8) is 0 Å². The molecule has 0 aromatic rings. The molecule has 1 amide bonds. The lowest BCUT2D eigenvalue weighted by Crippen LogP contribution is -2.33. The Bertz CT molecular complexity index is 228. The van der Waals surface area contributed by atoms with Crippen LogP contribution in [0.15, 0.2) is 0 Å². The van der Waals surface area contributed by atoms with Gasteiger partial charge >= 0.3 is 5.97 Å². The predicted molar refractivity (Wildman–Crippen MR) is 63.1 cm³/mol. The molecule has 94 valence electrons. The standard InChI is InChI=1S/C12H23NO3/c1-4-5-6-10(3)12(16)13-8-9(2)7-11(14)15/h9-10H,4-8H2,1-3H3,(H,13,16)(H,14,15). The van der Waals surface area contributed by atoms with E-state index in [9.17, 15) is 9.59 Å². The molecule has 0 aliphatic heterocycles. The molecule has 0 heterocycles. The van der Waals surface area contributed by atoms with E-state index in [2.05, 4.69) is 12.2 Å². The SMILES string of the molecule is CCCCC(C)C(=O)NCC(C)CC(=O)O. The Morgan fingerprint density at radius 3 is 2.44 bits per heavy atom. The fourth-order valence-electron chi connectivity index (χ4n) is 1.46. The molecule has 0 rings (SSSR count). The van der Waals surface area contributed by atoms with Crippen LogP contribution in [-0.2, 0) is 9.59 Å². The molecule has 0 aliphatic rings. The second-order valence-electron chi connectivity index (χ2n) is 4.49. The van der Waals surface area contributed by atoms with Gasteiger partial charge in [-0.2, -0.15) is 0 Å². The maximum absolute atomic E-state index is 11.6. The van der Waals surface area contributed by atoms with E-state index in [0.717, 1.165) is 19.3 Å². The molecule has 2 atom stereocenters. The van der Waals surface area contributed by atoms with E-state index in [1.54, 1.807) is 0 Å². The third kappa shape index (κ3) is 7.26. The quantitative estimate of drug-likeness (QED) is 0.669. The normalized spacial score (nSPS) is 14.2. The number of unbranched alkanes of at least 4 members (excludes halogenated alkanes) is 1. The molecule has 0 saturated heterocycles. The molecule has 0 aromatic heterocycles. The zero-order valence-electron chi connectivity index (χ0n) is 10.5. The van der Waals surface area contributed by atoms with Gasteiger partial charge in [0.15, 0.2) is 0 Å². The number of hydrogen-bond acceptors (Lipinski definition) is 2. The number of carboxylic acids is 1. The van der Waals surface area contributed by atoms with Crippen LogP contribution < -0.4 is 5.32 Å². The molecule has 0 aliphatic carbocycles. The van der Waals surface area contributed by atoms with Crippen LogP contribution in [0.2, 0.25) is 0 Å². The Morgan fingerprint density at radius 2 is 1.94 bits per heavy atom. The number of carbonyl (C=O) groups excluding carboxylic acids is 1. The summed E-state index contributed by atoms with van der Waals surface area (Å²) in [6.45, 7) is 6.28. The molecular weight excluding hydrogens is 206 g/mol. The Hall–Kier alpha value is -1.06. The van der Waals surface area contributed by atoms with Crippen molar-refractivity contribution >= 4 is 11.9 Å². The van der Waals surface area contributed by atoms with Gasteiger partial charge in [0, 0.05) is 18.9 Å². The Morgan fingerprint density at radius 1 is 1.31 bits per heavy atom. The monoisotopic (exact) mass is 229 g/mol. The average Bonchev–Trinajstić information content (AvgIpc) is 2.21. The van der Waals surface area contributed by atoms with Gasteiger partial charge in [0.25, 0.3) is 0 Å². The molecule has 2 N–H and O–H groups in total. The zero-order valence-corrected chi connectivity index (χ0v) is 10.5. The molecule has 4 heteroatoms. The first kappa shape index (κ1) is 14.9. The summed E-state index contributed by atoms with van der Waals surface area (Å²) in [5.41, 5.74) is 0. The number of hydrogen-bond donors (Lipinski definition) is 2. The first-order chi connectivity index (χ1) is 7.47. The van der Waals surface area contributed by atoms with Gasteiger partial charge in [0.05, 0.1) is 0 Å². The number of aliphatic carboxylic acids is 1. The van der Waals surface area contributed by atoms with Gasteiger partial charge in [-0.25, -0.2) is 0 Å². The lowest BCUT2D eigenvalue weighted by molar-refractivity contribution is -0.138. The third-order valence-corrected chi connectivity index (χ3v) is 2.59. The van der Waals surface area contributed by atoms with Crippen molar-refractivity contribution in [1.29, 1.82) is 0 Å². The van der Waals surface area contributed by atoms with Crippen LogP contribution in [0.5, 0.6) is 0 Å². The Kier molecular flexibility index (Phi) is 7.60. The molecule has 0 fully saturated rings. The molecular formula is C12H23NO3. The average molecular weight is 229 g/mol. The summed E-state index contributed by atoms with van der Waals surface area (Å²) < 4.78 is 0. The number of nitrogens with one attached hydrogen (secondary N) is 1. The van der Waals surface area contributed by atoms with Gasteiger partial charge in [-0.15, -0.1) is 0 Å². The molecule has 16 heavy (non-hydrogen) atoms. The summed E-state index contributed by atoms with van der Waals surface area (Å²) in [4.78, 5) is 22.0. The van der Waals surface area contributed by atoms with Crippen molar-refractivity contribution in [3.05, 3.63) is 0 Å². The Balaban J connectivity index is 3.74. The summed E-state index contributed by atoms with van der Waals surface area (Å²) in [5.74, 6) is -0.775. The van der Waals surface area contributed by atoms with Crippen LogP contribution >= 0.6 is 0 Å². The van der Waals surface area contributed by atoms with Crippen molar-refractivity contribution in [2.75, 3.05) is 6.54 Å². The molecule has 2 unspecified atom stereocenters. The fraction of sp³-hybridized carbons (Fsp3) is 0.833. The van der Waals surface area contributed by atoms with Gasteiger partial charge in [0.2, 0.25) is 5.91 Å². The van der Waals surface area contributed by atoms with Crippen molar-refractivity contribution in [2.45, 2.75) is 46.5 Å². The van der Waals surface area contributed by atoms with Crippen molar-refractivity contribution in [3.8, 4) is 0 Å². The van der Waals surface area contributed by atoms with Crippen LogP contribution in [0.25, 0.3) is 0 Å². The molecule has 0 radical (unpaired) electrons. The van der Waals surface area contributed by atoms with Gasteiger partial charge in [-0.3, -0.25) is 9.59 Å². The Labute approximate surface area is 97.4 Å². The van der Waals surface area contributed by atoms with E-state index in [4.69, 9.17) is 5.11 Å². The molecule has 0 bridgehead atoms. The first-order valence-electron chi connectivity index (χ1n) is 5.96. The summed E-state index contributed by atoms with van der Waals surface area (Å²) in [6.07, 6.45) is 3.14. The van der Waals surface area contributed by atoms with Crippen LogP contribution in [-0.4, -0.2) is 23.5 Å². The maximum Gasteiger partial charge on any atom is 0.303 e. The molecule has 0 aromatic carbocycles. The van der Waals surface area contributed by atoms with E-state index in [0.29, 0.717) is 6.54 Å².